The normalized spacial score (nSPS) is 19.2. The molecular weight excluding hydrogens is 266 g/mol. The molecule has 0 aliphatic carbocycles. The molecule has 1 aliphatic rings. The second-order valence-electron chi connectivity index (χ2n) is 5.34. The number of carbonyl (C=O) groups excluding carboxylic acids is 1. The van der Waals surface area contributed by atoms with E-state index in [4.69, 9.17) is 11.6 Å². The fraction of sp³-hybridized carbons (Fsp3) is 0.500. The number of halogens is 1. The maximum atomic E-state index is 12.3. The Kier molecular flexibility index (Phi) is 3.90. The predicted molar refractivity (Wildman–Crippen MR) is 73.6 cm³/mol. The van der Waals surface area contributed by atoms with Gasteiger partial charge in [-0.3, -0.25) is 4.79 Å². The van der Waals surface area contributed by atoms with E-state index < -0.39 is 5.75 Å². The number of aromatic hydroxyl groups is 2. The van der Waals surface area contributed by atoms with Gasteiger partial charge in [0.15, 0.2) is 11.5 Å². The van der Waals surface area contributed by atoms with Crippen molar-refractivity contribution in [3.05, 3.63) is 22.7 Å². The molecule has 0 bridgehead atoms. The molecule has 1 amide bonds. The second kappa shape index (κ2) is 5.29. The molecule has 1 aromatic rings. The summed E-state index contributed by atoms with van der Waals surface area (Å²) in [6, 6.07) is 2.73. The van der Waals surface area contributed by atoms with E-state index >= 15 is 0 Å². The van der Waals surface area contributed by atoms with Crippen molar-refractivity contribution in [1.29, 1.82) is 0 Å². The number of phenolic OH excluding ortho intramolecular Hbond substituents is 2. The molecule has 1 aliphatic heterocycles. The Labute approximate surface area is 117 Å². The Bertz CT molecular complexity index is 502. The van der Waals surface area contributed by atoms with E-state index in [0.29, 0.717) is 24.9 Å². The van der Waals surface area contributed by atoms with E-state index in [-0.39, 0.29) is 22.2 Å². The molecule has 2 rings (SSSR count). The van der Waals surface area contributed by atoms with E-state index in [0.717, 1.165) is 6.42 Å². The highest BCUT2D eigenvalue weighted by Gasteiger charge is 2.30. The van der Waals surface area contributed by atoms with E-state index in [1.807, 2.05) is 0 Å². The number of hydrogen-bond donors (Lipinski definition) is 2. The molecule has 0 saturated carbocycles. The van der Waals surface area contributed by atoms with Crippen LogP contribution in [0.15, 0.2) is 12.1 Å². The van der Waals surface area contributed by atoms with Crippen molar-refractivity contribution in [2.75, 3.05) is 13.1 Å². The Morgan fingerprint density at radius 2 is 2.11 bits per heavy atom. The van der Waals surface area contributed by atoms with Gasteiger partial charge in [-0.1, -0.05) is 25.4 Å². The van der Waals surface area contributed by atoms with Crippen molar-refractivity contribution in [3.63, 3.8) is 0 Å². The summed E-state index contributed by atoms with van der Waals surface area (Å²) in [5, 5.41) is 18.8. The smallest absolute Gasteiger partial charge is 0.255 e. The lowest BCUT2D eigenvalue weighted by Crippen LogP contribution is -2.29. The SMILES string of the molecule is CC(C)[C@H]1CCN(C(=O)c2ccc(O)c(O)c2Cl)C1. The fourth-order valence-electron chi connectivity index (χ4n) is 2.41. The molecule has 19 heavy (non-hydrogen) atoms. The van der Waals surface area contributed by atoms with Gasteiger partial charge in [-0.2, -0.15) is 0 Å². The van der Waals surface area contributed by atoms with Crippen LogP contribution in [0.5, 0.6) is 11.5 Å². The molecule has 0 aromatic heterocycles. The van der Waals surface area contributed by atoms with E-state index in [1.165, 1.54) is 12.1 Å². The number of phenols is 2. The summed E-state index contributed by atoms with van der Waals surface area (Å²) in [7, 11) is 0. The van der Waals surface area contributed by atoms with E-state index in [1.54, 1.807) is 4.90 Å². The number of benzene rings is 1. The summed E-state index contributed by atoms with van der Waals surface area (Å²) in [5.74, 6) is 0.105. The molecule has 2 N–H and O–H groups in total. The molecular formula is C14H18ClNO3. The molecule has 1 atom stereocenters. The maximum absolute atomic E-state index is 12.3. The van der Waals surface area contributed by atoms with Crippen LogP contribution in [0, 0.1) is 11.8 Å². The van der Waals surface area contributed by atoms with Gasteiger partial charge < -0.3 is 15.1 Å². The van der Waals surface area contributed by atoms with E-state index in [9.17, 15) is 15.0 Å². The van der Waals surface area contributed by atoms with Crippen LogP contribution in [-0.4, -0.2) is 34.1 Å². The topological polar surface area (TPSA) is 60.8 Å². The van der Waals surface area contributed by atoms with E-state index in [2.05, 4.69) is 13.8 Å². The molecule has 1 fully saturated rings. The Morgan fingerprint density at radius 1 is 1.42 bits per heavy atom. The van der Waals surface area contributed by atoms with Crippen LogP contribution >= 0.6 is 11.6 Å². The minimum atomic E-state index is -0.438. The van der Waals surface area contributed by atoms with Gasteiger partial charge in [0, 0.05) is 13.1 Å². The first-order valence-electron chi connectivity index (χ1n) is 6.41. The second-order valence-corrected chi connectivity index (χ2v) is 5.72. The van der Waals surface area contributed by atoms with Gasteiger partial charge in [0.2, 0.25) is 0 Å². The number of rotatable bonds is 2. The maximum Gasteiger partial charge on any atom is 0.255 e. The quantitative estimate of drug-likeness (QED) is 0.821. The summed E-state index contributed by atoms with van der Waals surface area (Å²) in [4.78, 5) is 14.1. The Morgan fingerprint density at radius 3 is 2.68 bits per heavy atom. The highest BCUT2D eigenvalue weighted by molar-refractivity contribution is 6.35. The summed E-state index contributed by atoms with van der Waals surface area (Å²) in [5.41, 5.74) is 0.237. The number of carbonyl (C=O) groups is 1. The first-order chi connectivity index (χ1) is 8.91. The Hall–Kier alpha value is -1.42. The monoisotopic (exact) mass is 283 g/mol. The van der Waals surface area contributed by atoms with Crippen molar-refractivity contribution in [1.82, 2.24) is 4.90 Å². The zero-order valence-corrected chi connectivity index (χ0v) is 11.8. The third-order valence-electron chi connectivity index (χ3n) is 3.78. The zero-order chi connectivity index (χ0) is 14.2. The van der Waals surface area contributed by atoms with Gasteiger partial charge in [-0.05, 0) is 30.4 Å². The fourth-order valence-corrected chi connectivity index (χ4v) is 2.65. The molecule has 1 saturated heterocycles. The summed E-state index contributed by atoms with van der Waals surface area (Å²) in [6.45, 7) is 5.73. The van der Waals surface area contributed by atoms with Crippen molar-refractivity contribution < 1.29 is 15.0 Å². The van der Waals surface area contributed by atoms with Crippen molar-refractivity contribution >= 4 is 17.5 Å². The molecule has 1 aromatic carbocycles. The van der Waals surface area contributed by atoms with Gasteiger partial charge in [0.1, 0.15) is 0 Å². The Balaban J connectivity index is 2.20. The first kappa shape index (κ1) is 14.0. The van der Waals surface area contributed by atoms with Crippen molar-refractivity contribution in [2.24, 2.45) is 11.8 Å². The zero-order valence-electron chi connectivity index (χ0n) is 11.1. The number of likely N-dealkylation sites (tertiary alicyclic amines) is 1. The summed E-state index contributed by atoms with van der Waals surface area (Å²) >= 11 is 5.91. The standard InChI is InChI=1S/C14H18ClNO3/c1-8(2)9-5-6-16(7-9)14(19)10-3-4-11(17)13(18)12(10)15/h3-4,8-9,17-18H,5-7H2,1-2H3/t9-/m0/s1. The van der Waals surface area contributed by atoms with Crippen LogP contribution < -0.4 is 0 Å². The molecule has 0 spiro atoms. The van der Waals surface area contributed by atoms with Crippen LogP contribution in [0.4, 0.5) is 0 Å². The van der Waals surface area contributed by atoms with Gasteiger partial charge in [-0.15, -0.1) is 0 Å². The lowest BCUT2D eigenvalue weighted by atomic mass is 9.95. The summed E-state index contributed by atoms with van der Waals surface area (Å²) in [6.07, 6.45) is 0.991. The highest BCUT2D eigenvalue weighted by Crippen LogP contribution is 2.36. The van der Waals surface area contributed by atoms with Crippen LogP contribution in [-0.2, 0) is 0 Å². The largest absolute Gasteiger partial charge is 0.504 e. The third kappa shape index (κ3) is 2.63. The van der Waals surface area contributed by atoms with Crippen molar-refractivity contribution in [2.45, 2.75) is 20.3 Å². The van der Waals surface area contributed by atoms with Crippen LogP contribution in [0.3, 0.4) is 0 Å². The van der Waals surface area contributed by atoms with Gasteiger partial charge in [-0.25, -0.2) is 0 Å². The first-order valence-corrected chi connectivity index (χ1v) is 6.79. The van der Waals surface area contributed by atoms with Gasteiger partial charge in [0.25, 0.3) is 5.91 Å². The van der Waals surface area contributed by atoms with Crippen LogP contribution in [0.25, 0.3) is 0 Å². The van der Waals surface area contributed by atoms with Crippen molar-refractivity contribution in [3.8, 4) is 11.5 Å². The minimum absolute atomic E-state index is 0.0852. The molecule has 1 heterocycles. The third-order valence-corrected chi connectivity index (χ3v) is 4.16. The molecule has 0 unspecified atom stereocenters. The van der Waals surface area contributed by atoms with Gasteiger partial charge in [0.05, 0.1) is 10.6 Å². The summed E-state index contributed by atoms with van der Waals surface area (Å²) < 4.78 is 0. The number of nitrogens with zero attached hydrogens (tertiary/aromatic N) is 1. The van der Waals surface area contributed by atoms with Gasteiger partial charge >= 0.3 is 0 Å². The lowest BCUT2D eigenvalue weighted by molar-refractivity contribution is 0.0784. The molecule has 104 valence electrons. The molecule has 4 nitrogen and oxygen atoms in total. The lowest BCUT2D eigenvalue weighted by Gasteiger charge is -2.19. The molecule has 0 radical (unpaired) electrons. The number of amides is 1. The predicted octanol–water partition coefficient (Wildman–Crippen LogP) is 2.87. The average Bonchev–Trinajstić information content (AvgIpc) is 2.85. The average molecular weight is 284 g/mol. The molecule has 5 heteroatoms. The number of hydrogen-bond acceptors (Lipinski definition) is 3. The van der Waals surface area contributed by atoms with Crippen LogP contribution in [0.2, 0.25) is 5.02 Å². The van der Waals surface area contributed by atoms with Crippen LogP contribution in [0.1, 0.15) is 30.6 Å². The highest BCUT2D eigenvalue weighted by atomic mass is 35.5. The minimum Gasteiger partial charge on any atom is -0.504 e.